The van der Waals surface area contributed by atoms with Gasteiger partial charge in [0.15, 0.2) is 0 Å². The highest BCUT2D eigenvalue weighted by atomic mass is 16.3. The van der Waals surface area contributed by atoms with Crippen LogP contribution in [0.25, 0.3) is 0 Å². The first-order valence-electron chi connectivity index (χ1n) is 6.34. The first kappa shape index (κ1) is 12.3. The van der Waals surface area contributed by atoms with Crippen molar-refractivity contribution in [3.63, 3.8) is 0 Å². The van der Waals surface area contributed by atoms with Gasteiger partial charge in [-0.3, -0.25) is 0 Å². The second-order valence-electron chi connectivity index (χ2n) is 4.90. The molecule has 0 saturated heterocycles. The Morgan fingerprint density at radius 3 is 2.76 bits per heavy atom. The van der Waals surface area contributed by atoms with Gasteiger partial charge >= 0.3 is 0 Å². The number of rotatable bonds is 5. The molecule has 1 aliphatic rings. The van der Waals surface area contributed by atoms with Crippen LogP contribution in [-0.4, -0.2) is 34.8 Å². The summed E-state index contributed by atoms with van der Waals surface area (Å²) in [6, 6.07) is 2.01. The summed E-state index contributed by atoms with van der Waals surface area (Å²) in [4.78, 5) is 10.8. The minimum absolute atomic E-state index is 0.222. The van der Waals surface area contributed by atoms with Gasteiger partial charge < -0.3 is 10.0 Å². The number of likely N-dealkylation sites (N-methyl/N-ethyl adjacent to an activating group) is 1. The van der Waals surface area contributed by atoms with E-state index in [1.54, 1.807) is 0 Å². The standard InChI is InChI=1S/C13H21N3O/c1-4-11-7-13(15-9(2)14-11)16(3)8-12(17)10-5-6-10/h7,10,12,17H,4-6,8H2,1-3H3. The first-order valence-corrected chi connectivity index (χ1v) is 6.34. The van der Waals surface area contributed by atoms with Crippen LogP contribution in [0, 0.1) is 12.8 Å². The van der Waals surface area contributed by atoms with Crippen molar-refractivity contribution in [1.29, 1.82) is 0 Å². The molecule has 94 valence electrons. The summed E-state index contributed by atoms with van der Waals surface area (Å²) < 4.78 is 0. The molecule has 4 heteroatoms. The van der Waals surface area contributed by atoms with E-state index in [4.69, 9.17) is 0 Å². The zero-order valence-corrected chi connectivity index (χ0v) is 10.8. The van der Waals surface area contributed by atoms with E-state index in [-0.39, 0.29) is 6.10 Å². The molecule has 1 saturated carbocycles. The van der Waals surface area contributed by atoms with Gasteiger partial charge in [0.2, 0.25) is 0 Å². The lowest BCUT2D eigenvalue weighted by Gasteiger charge is -2.22. The number of aliphatic hydroxyl groups excluding tert-OH is 1. The van der Waals surface area contributed by atoms with Crippen LogP contribution in [-0.2, 0) is 6.42 Å². The summed E-state index contributed by atoms with van der Waals surface area (Å²) in [7, 11) is 1.98. The highest BCUT2D eigenvalue weighted by Crippen LogP contribution is 2.33. The van der Waals surface area contributed by atoms with Crippen LogP contribution in [0.3, 0.4) is 0 Å². The van der Waals surface area contributed by atoms with Gasteiger partial charge in [-0.05, 0) is 32.1 Å². The van der Waals surface area contributed by atoms with Crippen LogP contribution in [0.1, 0.15) is 31.3 Å². The van der Waals surface area contributed by atoms with Gasteiger partial charge in [-0.2, -0.15) is 0 Å². The molecule has 0 bridgehead atoms. The molecular weight excluding hydrogens is 214 g/mol. The summed E-state index contributed by atoms with van der Waals surface area (Å²) >= 11 is 0. The molecule has 1 unspecified atom stereocenters. The molecule has 1 aromatic heterocycles. The van der Waals surface area contributed by atoms with Crippen LogP contribution in [0.2, 0.25) is 0 Å². The lowest BCUT2D eigenvalue weighted by molar-refractivity contribution is 0.158. The summed E-state index contributed by atoms with van der Waals surface area (Å²) in [6.07, 6.45) is 3.02. The fourth-order valence-corrected chi connectivity index (χ4v) is 1.99. The van der Waals surface area contributed by atoms with Gasteiger partial charge in [-0.25, -0.2) is 9.97 Å². The van der Waals surface area contributed by atoms with Crippen molar-refractivity contribution in [3.8, 4) is 0 Å². The maximum Gasteiger partial charge on any atom is 0.132 e. The van der Waals surface area contributed by atoms with Crippen molar-refractivity contribution < 1.29 is 5.11 Å². The Bertz CT molecular complexity index is 390. The molecule has 2 rings (SSSR count). The predicted octanol–water partition coefficient (Wildman–Crippen LogP) is 1.55. The molecule has 1 aliphatic carbocycles. The van der Waals surface area contributed by atoms with Crippen LogP contribution >= 0.6 is 0 Å². The number of hydrogen-bond donors (Lipinski definition) is 1. The number of anilines is 1. The SMILES string of the molecule is CCc1cc(N(C)CC(O)C2CC2)nc(C)n1. The topological polar surface area (TPSA) is 49.2 Å². The molecule has 0 aromatic carbocycles. The molecule has 0 spiro atoms. The van der Waals surface area contributed by atoms with E-state index in [9.17, 15) is 5.11 Å². The highest BCUT2D eigenvalue weighted by molar-refractivity contribution is 5.39. The normalized spacial score (nSPS) is 16.9. The number of aromatic nitrogens is 2. The molecule has 17 heavy (non-hydrogen) atoms. The number of nitrogens with zero attached hydrogens (tertiary/aromatic N) is 3. The molecule has 1 aromatic rings. The Kier molecular flexibility index (Phi) is 3.62. The molecule has 1 atom stereocenters. The van der Waals surface area contributed by atoms with Gasteiger partial charge in [-0.15, -0.1) is 0 Å². The number of aliphatic hydroxyl groups is 1. The third kappa shape index (κ3) is 3.16. The van der Waals surface area contributed by atoms with Crippen LogP contribution in [0.5, 0.6) is 0 Å². The second kappa shape index (κ2) is 5.00. The summed E-state index contributed by atoms with van der Waals surface area (Å²) in [6.45, 7) is 4.66. The van der Waals surface area contributed by atoms with Gasteiger partial charge in [0.25, 0.3) is 0 Å². The number of aryl methyl sites for hydroxylation is 2. The van der Waals surface area contributed by atoms with E-state index in [2.05, 4.69) is 16.9 Å². The van der Waals surface area contributed by atoms with Crippen molar-refractivity contribution in [2.45, 2.75) is 39.2 Å². The van der Waals surface area contributed by atoms with Gasteiger partial charge in [-0.1, -0.05) is 6.92 Å². The van der Waals surface area contributed by atoms with Crippen LogP contribution < -0.4 is 4.90 Å². The molecule has 1 fully saturated rings. The summed E-state index contributed by atoms with van der Waals surface area (Å²) in [5.74, 6) is 2.21. The zero-order chi connectivity index (χ0) is 12.4. The smallest absolute Gasteiger partial charge is 0.132 e. The maximum atomic E-state index is 9.93. The molecule has 0 aliphatic heterocycles. The predicted molar refractivity (Wildman–Crippen MR) is 68.1 cm³/mol. The molecular formula is C13H21N3O. The average Bonchev–Trinajstić information content (AvgIpc) is 3.11. The maximum absolute atomic E-state index is 9.93. The van der Waals surface area contributed by atoms with E-state index in [1.165, 1.54) is 0 Å². The van der Waals surface area contributed by atoms with E-state index in [0.717, 1.165) is 36.6 Å². The van der Waals surface area contributed by atoms with Crippen LogP contribution in [0.4, 0.5) is 5.82 Å². The lowest BCUT2D eigenvalue weighted by atomic mass is 10.2. The lowest BCUT2D eigenvalue weighted by Crippen LogP contribution is -2.31. The first-order chi connectivity index (χ1) is 8.10. The minimum Gasteiger partial charge on any atom is -0.391 e. The molecule has 1 N–H and O–H groups in total. The van der Waals surface area contributed by atoms with E-state index < -0.39 is 0 Å². The summed E-state index contributed by atoms with van der Waals surface area (Å²) in [5.41, 5.74) is 1.06. The molecule has 1 heterocycles. The third-order valence-corrected chi connectivity index (χ3v) is 3.26. The van der Waals surface area contributed by atoms with Crippen molar-refractivity contribution in [2.24, 2.45) is 5.92 Å². The molecule has 0 radical (unpaired) electrons. The third-order valence-electron chi connectivity index (χ3n) is 3.26. The quantitative estimate of drug-likeness (QED) is 0.841. The largest absolute Gasteiger partial charge is 0.391 e. The molecule has 0 amide bonds. The monoisotopic (exact) mass is 235 g/mol. The second-order valence-corrected chi connectivity index (χ2v) is 4.90. The van der Waals surface area contributed by atoms with E-state index in [1.807, 2.05) is 24.9 Å². The van der Waals surface area contributed by atoms with E-state index >= 15 is 0 Å². The Morgan fingerprint density at radius 2 is 2.18 bits per heavy atom. The van der Waals surface area contributed by atoms with Crippen molar-refractivity contribution in [2.75, 3.05) is 18.5 Å². The van der Waals surface area contributed by atoms with Crippen molar-refractivity contribution in [3.05, 3.63) is 17.6 Å². The van der Waals surface area contributed by atoms with Crippen LogP contribution in [0.15, 0.2) is 6.07 Å². The summed E-state index contributed by atoms with van der Waals surface area (Å²) in [5, 5.41) is 9.93. The Morgan fingerprint density at radius 1 is 1.47 bits per heavy atom. The fourth-order valence-electron chi connectivity index (χ4n) is 1.99. The van der Waals surface area contributed by atoms with Gasteiger partial charge in [0.1, 0.15) is 11.6 Å². The Hall–Kier alpha value is -1.16. The Balaban J connectivity index is 2.06. The highest BCUT2D eigenvalue weighted by Gasteiger charge is 2.30. The van der Waals surface area contributed by atoms with Gasteiger partial charge in [0.05, 0.1) is 6.10 Å². The fraction of sp³-hybridized carbons (Fsp3) is 0.692. The Labute approximate surface area is 103 Å². The van der Waals surface area contributed by atoms with Gasteiger partial charge in [0, 0.05) is 25.4 Å². The van der Waals surface area contributed by atoms with E-state index in [0.29, 0.717) is 12.5 Å². The van der Waals surface area contributed by atoms with Crippen molar-refractivity contribution >= 4 is 5.82 Å². The minimum atomic E-state index is -0.222. The average molecular weight is 235 g/mol. The van der Waals surface area contributed by atoms with Crippen molar-refractivity contribution in [1.82, 2.24) is 9.97 Å². The number of hydrogen-bond acceptors (Lipinski definition) is 4. The molecule has 4 nitrogen and oxygen atoms in total. The zero-order valence-electron chi connectivity index (χ0n) is 10.8.